The largest absolute Gasteiger partial charge is 0.475 e. The molecule has 0 unspecified atom stereocenters. The van der Waals surface area contributed by atoms with Crippen molar-refractivity contribution >= 4 is 28.6 Å². The Morgan fingerprint density at radius 3 is 2.80 bits per heavy atom. The topological polar surface area (TPSA) is 63.1 Å². The van der Waals surface area contributed by atoms with E-state index in [1.165, 1.54) is 6.20 Å². The van der Waals surface area contributed by atoms with Crippen LogP contribution in [0.2, 0.25) is 0 Å². The number of aromatic carboxylic acids is 1. The van der Waals surface area contributed by atoms with Crippen LogP contribution in [0.5, 0.6) is 0 Å². The van der Waals surface area contributed by atoms with Gasteiger partial charge in [-0.1, -0.05) is 0 Å². The normalized spacial score (nSPS) is 9.30. The zero-order valence-electron chi connectivity index (χ0n) is 4.78. The molecule has 0 aromatic carbocycles. The van der Waals surface area contributed by atoms with Crippen LogP contribution in [0, 0.1) is 3.70 Å². The second-order valence-corrected chi connectivity index (χ2v) is 2.61. The number of carboxylic acids is 1. The standard InChI is InChI=1S/C5H3IN2O2/c6-3-1-2-7-4(8-3)5(9)10/h1-2H,(H,9,10). The van der Waals surface area contributed by atoms with Crippen LogP contribution < -0.4 is 0 Å². The van der Waals surface area contributed by atoms with E-state index in [0.29, 0.717) is 3.70 Å². The lowest BCUT2D eigenvalue weighted by Gasteiger charge is -1.90. The highest BCUT2D eigenvalue weighted by Crippen LogP contribution is 1.98. The maximum Gasteiger partial charge on any atom is 0.373 e. The van der Waals surface area contributed by atoms with Gasteiger partial charge in [-0.05, 0) is 28.7 Å². The van der Waals surface area contributed by atoms with Gasteiger partial charge in [-0.2, -0.15) is 0 Å². The Kier molecular flexibility index (Phi) is 2.15. The maximum atomic E-state index is 10.2. The van der Waals surface area contributed by atoms with Gasteiger partial charge >= 0.3 is 5.97 Å². The van der Waals surface area contributed by atoms with Gasteiger partial charge in [-0.25, -0.2) is 14.8 Å². The molecule has 0 aliphatic heterocycles. The van der Waals surface area contributed by atoms with Crippen molar-refractivity contribution in [3.05, 3.63) is 21.8 Å². The van der Waals surface area contributed by atoms with Crippen LogP contribution >= 0.6 is 22.6 Å². The quantitative estimate of drug-likeness (QED) is 0.590. The first-order valence-corrected chi connectivity index (χ1v) is 3.50. The maximum absolute atomic E-state index is 10.2. The summed E-state index contributed by atoms with van der Waals surface area (Å²) in [6, 6.07) is 1.63. The number of halogens is 1. The molecule has 52 valence electrons. The van der Waals surface area contributed by atoms with Crippen LogP contribution in [0.4, 0.5) is 0 Å². The molecule has 0 saturated heterocycles. The number of hydrogen-bond acceptors (Lipinski definition) is 3. The molecule has 1 N–H and O–H groups in total. The van der Waals surface area contributed by atoms with Gasteiger partial charge in [0.05, 0.1) is 0 Å². The monoisotopic (exact) mass is 250 g/mol. The first-order valence-electron chi connectivity index (χ1n) is 2.42. The summed E-state index contributed by atoms with van der Waals surface area (Å²) < 4.78 is 0.630. The highest BCUT2D eigenvalue weighted by atomic mass is 127. The number of rotatable bonds is 1. The van der Waals surface area contributed by atoms with E-state index in [1.807, 2.05) is 22.6 Å². The van der Waals surface area contributed by atoms with Gasteiger partial charge in [0.15, 0.2) is 0 Å². The fourth-order valence-electron chi connectivity index (χ4n) is 0.440. The summed E-state index contributed by atoms with van der Waals surface area (Å²) in [5.41, 5.74) is 0. The highest BCUT2D eigenvalue weighted by molar-refractivity contribution is 14.1. The van der Waals surface area contributed by atoms with Gasteiger partial charge in [-0.15, -0.1) is 0 Å². The van der Waals surface area contributed by atoms with Gasteiger partial charge in [0.25, 0.3) is 0 Å². The molecule has 0 aliphatic rings. The molecule has 1 heterocycles. The molecule has 0 saturated carbocycles. The fourth-order valence-corrected chi connectivity index (χ4v) is 0.829. The number of hydrogen-bond donors (Lipinski definition) is 1. The van der Waals surface area contributed by atoms with Crippen LogP contribution in [0.25, 0.3) is 0 Å². The van der Waals surface area contributed by atoms with Crippen LogP contribution in [0.1, 0.15) is 10.6 Å². The molecule has 0 atom stereocenters. The second kappa shape index (κ2) is 2.91. The van der Waals surface area contributed by atoms with Gasteiger partial charge in [0, 0.05) is 6.20 Å². The van der Waals surface area contributed by atoms with Crippen molar-refractivity contribution in [2.24, 2.45) is 0 Å². The number of nitrogens with zero attached hydrogens (tertiary/aromatic N) is 2. The molecule has 0 bridgehead atoms. The Labute approximate surface area is 70.5 Å². The van der Waals surface area contributed by atoms with E-state index in [4.69, 9.17) is 5.11 Å². The Morgan fingerprint density at radius 1 is 1.70 bits per heavy atom. The summed E-state index contributed by atoms with van der Waals surface area (Å²) in [5, 5.41) is 8.38. The van der Waals surface area contributed by atoms with Gasteiger partial charge in [-0.3, -0.25) is 0 Å². The molecule has 0 aliphatic carbocycles. The summed E-state index contributed by atoms with van der Waals surface area (Å²) in [7, 11) is 0. The molecule has 5 heteroatoms. The first kappa shape index (κ1) is 7.39. The van der Waals surface area contributed by atoms with Crippen molar-refractivity contribution in [3.63, 3.8) is 0 Å². The summed E-state index contributed by atoms with van der Waals surface area (Å²) >= 11 is 1.92. The molecule has 0 spiro atoms. The zero-order valence-corrected chi connectivity index (χ0v) is 6.94. The predicted octanol–water partition coefficient (Wildman–Crippen LogP) is 0.779. The third kappa shape index (κ3) is 1.63. The van der Waals surface area contributed by atoms with E-state index in [0.717, 1.165) is 0 Å². The van der Waals surface area contributed by atoms with E-state index in [1.54, 1.807) is 6.07 Å². The zero-order chi connectivity index (χ0) is 7.56. The Hall–Kier alpha value is -0.720. The lowest BCUT2D eigenvalue weighted by atomic mass is 10.6. The Bertz CT molecular complexity index is 264. The first-order chi connectivity index (χ1) is 4.70. The molecule has 0 radical (unpaired) electrons. The fraction of sp³-hybridized carbons (Fsp3) is 0. The summed E-state index contributed by atoms with van der Waals surface area (Å²) in [6.45, 7) is 0. The lowest BCUT2D eigenvalue weighted by molar-refractivity contribution is 0.0683. The predicted molar refractivity (Wildman–Crippen MR) is 41.7 cm³/mol. The van der Waals surface area contributed by atoms with Gasteiger partial charge in [0.1, 0.15) is 3.70 Å². The van der Waals surface area contributed by atoms with Crippen LogP contribution in [-0.2, 0) is 0 Å². The molecule has 0 fully saturated rings. The smallest absolute Gasteiger partial charge is 0.373 e. The van der Waals surface area contributed by atoms with E-state index in [9.17, 15) is 4.79 Å². The van der Waals surface area contributed by atoms with E-state index >= 15 is 0 Å². The number of aromatic nitrogens is 2. The molecule has 0 amide bonds. The summed E-state index contributed by atoms with van der Waals surface area (Å²) in [4.78, 5) is 17.4. The molecule has 1 aromatic rings. The summed E-state index contributed by atoms with van der Waals surface area (Å²) in [6.07, 6.45) is 1.41. The Morgan fingerprint density at radius 2 is 2.40 bits per heavy atom. The van der Waals surface area contributed by atoms with Crippen molar-refractivity contribution in [1.82, 2.24) is 9.97 Å². The van der Waals surface area contributed by atoms with Crippen LogP contribution in [0.3, 0.4) is 0 Å². The molecular formula is C5H3IN2O2. The molecular weight excluding hydrogens is 247 g/mol. The van der Waals surface area contributed by atoms with Crippen LogP contribution in [0.15, 0.2) is 12.3 Å². The summed E-state index contributed by atoms with van der Waals surface area (Å²) in [5.74, 6) is -1.26. The number of carboxylic acid groups (broad SMARTS) is 1. The van der Waals surface area contributed by atoms with Gasteiger partial charge in [0.2, 0.25) is 5.82 Å². The van der Waals surface area contributed by atoms with Crippen molar-refractivity contribution in [2.75, 3.05) is 0 Å². The number of carbonyl (C=O) groups is 1. The third-order valence-electron chi connectivity index (χ3n) is 0.813. The highest BCUT2D eigenvalue weighted by Gasteiger charge is 2.04. The van der Waals surface area contributed by atoms with E-state index in [2.05, 4.69) is 9.97 Å². The van der Waals surface area contributed by atoms with Gasteiger partial charge < -0.3 is 5.11 Å². The minimum absolute atomic E-state index is 0.160. The molecule has 1 rings (SSSR count). The average Bonchev–Trinajstić information content (AvgIpc) is 1.88. The third-order valence-corrected chi connectivity index (χ3v) is 1.41. The van der Waals surface area contributed by atoms with Crippen molar-refractivity contribution < 1.29 is 9.90 Å². The Balaban J connectivity index is 3.07. The van der Waals surface area contributed by atoms with E-state index < -0.39 is 5.97 Å². The van der Waals surface area contributed by atoms with Crippen molar-refractivity contribution in [2.45, 2.75) is 0 Å². The average molecular weight is 250 g/mol. The minimum atomic E-state index is -1.10. The van der Waals surface area contributed by atoms with Crippen LogP contribution in [-0.4, -0.2) is 21.0 Å². The SMILES string of the molecule is O=C(O)c1nccc(I)n1. The molecule has 10 heavy (non-hydrogen) atoms. The van der Waals surface area contributed by atoms with Crippen molar-refractivity contribution in [1.29, 1.82) is 0 Å². The van der Waals surface area contributed by atoms with Crippen molar-refractivity contribution in [3.8, 4) is 0 Å². The molecule has 1 aromatic heterocycles. The minimum Gasteiger partial charge on any atom is -0.475 e. The molecule has 4 nitrogen and oxygen atoms in total. The van der Waals surface area contributed by atoms with E-state index in [-0.39, 0.29) is 5.82 Å². The second-order valence-electron chi connectivity index (χ2n) is 1.51. The lowest BCUT2D eigenvalue weighted by Crippen LogP contribution is -2.03.